The van der Waals surface area contributed by atoms with Crippen LogP contribution < -0.4 is 5.43 Å². The first-order valence-corrected chi connectivity index (χ1v) is 5.17. The highest BCUT2D eigenvalue weighted by atomic mass is 15.4. The lowest BCUT2D eigenvalue weighted by atomic mass is 10.2. The standard InChI is InChI=1S/C13H11N3/c1-2-6-12-11(5-1)13(7-8-14-12)15-16-9-3-4-10-16/h1-10H,(H,14,15). The molecular weight excluding hydrogens is 198 g/mol. The largest absolute Gasteiger partial charge is 0.294 e. The highest BCUT2D eigenvalue weighted by Gasteiger charge is 1.99. The number of hydrogen-bond acceptors (Lipinski definition) is 2. The second-order valence-electron chi connectivity index (χ2n) is 3.58. The quantitative estimate of drug-likeness (QED) is 0.703. The Morgan fingerprint density at radius 1 is 0.938 bits per heavy atom. The fraction of sp³-hybridized carbons (Fsp3) is 0. The molecule has 0 saturated carbocycles. The summed E-state index contributed by atoms with van der Waals surface area (Å²) < 4.78 is 1.92. The van der Waals surface area contributed by atoms with Crippen LogP contribution in [0.2, 0.25) is 0 Å². The van der Waals surface area contributed by atoms with Gasteiger partial charge in [0.2, 0.25) is 0 Å². The summed E-state index contributed by atoms with van der Waals surface area (Å²) in [6.45, 7) is 0. The summed E-state index contributed by atoms with van der Waals surface area (Å²) in [5.74, 6) is 0. The Balaban J connectivity index is 2.10. The molecule has 3 nitrogen and oxygen atoms in total. The maximum absolute atomic E-state index is 4.32. The van der Waals surface area contributed by atoms with Crippen molar-refractivity contribution >= 4 is 16.6 Å². The lowest BCUT2D eigenvalue weighted by Crippen LogP contribution is -2.06. The Hall–Kier alpha value is -2.29. The number of nitrogens with one attached hydrogen (secondary N) is 1. The van der Waals surface area contributed by atoms with Crippen molar-refractivity contribution in [2.24, 2.45) is 0 Å². The molecule has 0 aliphatic carbocycles. The van der Waals surface area contributed by atoms with Crippen LogP contribution in [0.25, 0.3) is 10.9 Å². The molecule has 0 radical (unpaired) electrons. The van der Waals surface area contributed by atoms with Gasteiger partial charge in [0.05, 0.1) is 11.2 Å². The van der Waals surface area contributed by atoms with Crippen LogP contribution in [0.3, 0.4) is 0 Å². The minimum Gasteiger partial charge on any atom is -0.294 e. The third-order valence-corrected chi connectivity index (χ3v) is 2.50. The van der Waals surface area contributed by atoms with E-state index in [2.05, 4.69) is 16.5 Å². The van der Waals surface area contributed by atoms with Crippen molar-refractivity contribution < 1.29 is 0 Å². The van der Waals surface area contributed by atoms with Crippen molar-refractivity contribution in [2.75, 3.05) is 5.43 Å². The SMILES string of the molecule is c1ccc2c(Nn3cccc3)ccnc2c1. The van der Waals surface area contributed by atoms with Gasteiger partial charge in [-0.25, -0.2) is 0 Å². The molecule has 0 amide bonds. The summed E-state index contributed by atoms with van der Waals surface area (Å²) in [7, 11) is 0. The zero-order valence-electron chi connectivity index (χ0n) is 8.67. The normalized spacial score (nSPS) is 10.5. The molecule has 78 valence electrons. The molecular formula is C13H11N3. The number of fused-ring (bicyclic) bond motifs is 1. The minimum atomic E-state index is 1.000. The average Bonchev–Trinajstić information content (AvgIpc) is 2.82. The molecule has 0 bridgehead atoms. The second kappa shape index (κ2) is 3.70. The minimum absolute atomic E-state index is 1.000. The number of pyridine rings is 1. The monoisotopic (exact) mass is 209 g/mol. The van der Waals surface area contributed by atoms with Crippen LogP contribution in [0.1, 0.15) is 0 Å². The van der Waals surface area contributed by atoms with Crippen LogP contribution in [0.4, 0.5) is 5.69 Å². The van der Waals surface area contributed by atoms with E-state index in [-0.39, 0.29) is 0 Å². The highest BCUT2D eigenvalue weighted by molar-refractivity contribution is 5.90. The first kappa shape index (κ1) is 8.97. The third-order valence-electron chi connectivity index (χ3n) is 2.50. The summed E-state index contributed by atoms with van der Waals surface area (Å²) in [6, 6.07) is 14.0. The Morgan fingerprint density at radius 3 is 2.62 bits per heavy atom. The number of anilines is 1. The molecule has 0 atom stereocenters. The molecule has 1 N–H and O–H groups in total. The van der Waals surface area contributed by atoms with Crippen molar-refractivity contribution in [3.05, 3.63) is 61.1 Å². The van der Waals surface area contributed by atoms with Crippen LogP contribution in [-0.2, 0) is 0 Å². The Morgan fingerprint density at radius 2 is 1.75 bits per heavy atom. The average molecular weight is 209 g/mol. The Labute approximate surface area is 93.3 Å². The molecule has 3 rings (SSSR count). The maximum atomic E-state index is 4.32. The van der Waals surface area contributed by atoms with Gasteiger partial charge in [-0.2, -0.15) is 0 Å². The lowest BCUT2D eigenvalue weighted by Gasteiger charge is -2.09. The van der Waals surface area contributed by atoms with Gasteiger partial charge in [-0.15, -0.1) is 0 Å². The van der Waals surface area contributed by atoms with Gasteiger partial charge in [0, 0.05) is 24.0 Å². The van der Waals surface area contributed by atoms with Gasteiger partial charge in [0.1, 0.15) is 0 Å². The summed E-state index contributed by atoms with van der Waals surface area (Å²) in [5, 5.41) is 1.12. The number of nitrogens with zero attached hydrogens (tertiary/aromatic N) is 2. The van der Waals surface area contributed by atoms with E-state index in [1.807, 2.05) is 59.7 Å². The molecule has 1 aromatic carbocycles. The topological polar surface area (TPSA) is 29.9 Å². The molecule has 2 heterocycles. The second-order valence-corrected chi connectivity index (χ2v) is 3.58. The zero-order chi connectivity index (χ0) is 10.8. The van der Waals surface area contributed by atoms with E-state index < -0.39 is 0 Å². The van der Waals surface area contributed by atoms with Crippen LogP contribution in [-0.4, -0.2) is 9.66 Å². The fourth-order valence-electron chi connectivity index (χ4n) is 1.74. The zero-order valence-corrected chi connectivity index (χ0v) is 8.67. The summed E-state index contributed by atoms with van der Waals surface area (Å²) >= 11 is 0. The van der Waals surface area contributed by atoms with Gasteiger partial charge in [-0.1, -0.05) is 18.2 Å². The van der Waals surface area contributed by atoms with E-state index in [1.165, 1.54) is 0 Å². The van der Waals surface area contributed by atoms with Crippen molar-refractivity contribution in [1.29, 1.82) is 0 Å². The van der Waals surface area contributed by atoms with E-state index in [0.29, 0.717) is 0 Å². The third kappa shape index (κ3) is 1.52. The van der Waals surface area contributed by atoms with Crippen molar-refractivity contribution in [1.82, 2.24) is 9.66 Å². The number of benzene rings is 1. The van der Waals surface area contributed by atoms with Gasteiger partial charge < -0.3 is 0 Å². The van der Waals surface area contributed by atoms with E-state index >= 15 is 0 Å². The summed E-state index contributed by atoms with van der Waals surface area (Å²) in [5.41, 5.74) is 5.36. The number of hydrogen-bond donors (Lipinski definition) is 1. The van der Waals surface area contributed by atoms with Crippen LogP contribution >= 0.6 is 0 Å². The van der Waals surface area contributed by atoms with Crippen LogP contribution in [0.15, 0.2) is 61.1 Å². The first-order chi connectivity index (χ1) is 7.93. The predicted molar refractivity (Wildman–Crippen MR) is 65.2 cm³/mol. The maximum Gasteiger partial charge on any atom is 0.0723 e. The van der Waals surface area contributed by atoms with Crippen molar-refractivity contribution in [3.63, 3.8) is 0 Å². The lowest BCUT2D eigenvalue weighted by molar-refractivity contribution is 0.973. The molecule has 3 heteroatoms. The molecule has 0 saturated heterocycles. The van der Waals surface area contributed by atoms with Gasteiger partial charge in [-0.3, -0.25) is 15.1 Å². The molecule has 0 aliphatic rings. The summed E-state index contributed by atoms with van der Waals surface area (Å²) in [4.78, 5) is 4.32. The van der Waals surface area contributed by atoms with E-state index in [4.69, 9.17) is 0 Å². The molecule has 0 spiro atoms. The smallest absolute Gasteiger partial charge is 0.0723 e. The fourth-order valence-corrected chi connectivity index (χ4v) is 1.74. The number of para-hydroxylation sites is 1. The predicted octanol–water partition coefficient (Wildman–Crippen LogP) is 2.91. The van der Waals surface area contributed by atoms with Crippen LogP contribution in [0.5, 0.6) is 0 Å². The first-order valence-electron chi connectivity index (χ1n) is 5.17. The molecule has 2 aromatic heterocycles. The van der Waals surface area contributed by atoms with Gasteiger partial charge in [0.25, 0.3) is 0 Å². The Kier molecular flexibility index (Phi) is 2.07. The molecule has 0 unspecified atom stereocenters. The highest BCUT2D eigenvalue weighted by Crippen LogP contribution is 2.20. The molecule has 0 fully saturated rings. The van der Waals surface area contributed by atoms with Gasteiger partial charge >= 0.3 is 0 Å². The molecule has 0 aliphatic heterocycles. The number of aromatic nitrogens is 2. The van der Waals surface area contributed by atoms with Gasteiger partial charge in [-0.05, 0) is 24.3 Å². The van der Waals surface area contributed by atoms with Crippen molar-refractivity contribution in [3.8, 4) is 0 Å². The number of rotatable bonds is 2. The molecule has 16 heavy (non-hydrogen) atoms. The van der Waals surface area contributed by atoms with E-state index in [9.17, 15) is 0 Å². The summed E-state index contributed by atoms with van der Waals surface area (Å²) in [6.07, 6.45) is 5.75. The molecule has 3 aromatic rings. The van der Waals surface area contributed by atoms with Crippen LogP contribution in [0, 0.1) is 0 Å². The van der Waals surface area contributed by atoms with E-state index in [0.717, 1.165) is 16.6 Å². The Bertz CT molecular complexity index is 594. The van der Waals surface area contributed by atoms with Gasteiger partial charge in [0.15, 0.2) is 0 Å². The van der Waals surface area contributed by atoms with E-state index in [1.54, 1.807) is 0 Å². The van der Waals surface area contributed by atoms with Crippen molar-refractivity contribution in [2.45, 2.75) is 0 Å².